The molecule has 0 aliphatic carbocycles. The Balaban J connectivity index is 1.90. The van der Waals surface area contributed by atoms with Crippen LogP contribution < -0.4 is 5.32 Å². The predicted octanol–water partition coefficient (Wildman–Crippen LogP) is 4.33. The summed E-state index contributed by atoms with van der Waals surface area (Å²) in [5, 5.41) is 3.19. The monoisotopic (exact) mass is 360 g/mol. The second-order valence-corrected chi connectivity index (χ2v) is 9.38. The van der Waals surface area contributed by atoms with Gasteiger partial charge in [-0.05, 0) is 36.3 Å². The van der Waals surface area contributed by atoms with Crippen LogP contribution in [-0.4, -0.2) is 33.4 Å². The van der Waals surface area contributed by atoms with Crippen molar-refractivity contribution < 1.29 is 9.59 Å². The molecule has 25 heavy (non-hydrogen) atoms. The highest BCUT2D eigenvalue weighted by molar-refractivity contribution is 8.01. The minimum atomic E-state index is -0.370. The molecule has 1 aromatic carbocycles. The number of hydrogen-bond acceptors (Lipinski definition) is 3. The van der Waals surface area contributed by atoms with Crippen molar-refractivity contribution >= 4 is 29.3 Å². The molecule has 5 heteroatoms. The first-order chi connectivity index (χ1) is 11.7. The van der Waals surface area contributed by atoms with Gasteiger partial charge in [-0.2, -0.15) is 0 Å². The molecular weight excluding hydrogens is 332 g/mol. The van der Waals surface area contributed by atoms with Crippen LogP contribution in [0.1, 0.15) is 70.4 Å². The molecule has 2 fully saturated rings. The number of nitrogens with one attached hydrogen (secondary N) is 1. The van der Waals surface area contributed by atoms with Gasteiger partial charge in [0.2, 0.25) is 11.8 Å². The van der Waals surface area contributed by atoms with Gasteiger partial charge in [-0.1, -0.05) is 45.9 Å². The third-order valence-electron chi connectivity index (χ3n) is 5.37. The minimum absolute atomic E-state index is 0.0542. The molecule has 0 spiro atoms. The van der Waals surface area contributed by atoms with Gasteiger partial charge in [0, 0.05) is 17.9 Å². The van der Waals surface area contributed by atoms with Gasteiger partial charge in [0.1, 0.15) is 6.04 Å². The number of fused-ring (bicyclic) bond motifs is 1. The summed E-state index contributed by atoms with van der Waals surface area (Å²) in [5.74, 6) is 1.38. The van der Waals surface area contributed by atoms with E-state index in [0.29, 0.717) is 24.0 Å². The number of thioether (sulfide) groups is 1. The highest BCUT2D eigenvalue weighted by Gasteiger charge is 2.52. The number of nitrogens with zero attached hydrogens (tertiary/aromatic N) is 1. The molecule has 1 aromatic rings. The molecule has 2 heterocycles. The summed E-state index contributed by atoms with van der Waals surface area (Å²) in [6.45, 7) is 10.6. The van der Waals surface area contributed by atoms with E-state index >= 15 is 0 Å². The Bertz CT molecular complexity index is 675. The maximum absolute atomic E-state index is 13.1. The number of amides is 2. The molecule has 136 valence electrons. The summed E-state index contributed by atoms with van der Waals surface area (Å²) in [4.78, 5) is 27.0. The Morgan fingerprint density at radius 2 is 1.84 bits per heavy atom. The average Bonchev–Trinajstić information content (AvgIpc) is 3.03. The molecule has 4 nitrogen and oxygen atoms in total. The highest BCUT2D eigenvalue weighted by atomic mass is 32.2. The number of carbonyl (C=O) groups is 2. The van der Waals surface area contributed by atoms with Crippen LogP contribution in [0.3, 0.4) is 0 Å². The summed E-state index contributed by atoms with van der Waals surface area (Å²) < 4.78 is 0. The topological polar surface area (TPSA) is 49.4 Å². The molecule has 0 radical (unpaired) electrons. The van der Waals surface area contributed by atoms with Crippen LogP contribution in [0.15, 0.2) is 18.2 Å². The second kappa shape index (κ2) is 6.67. The summed E-state index contributed by atoms with van der Waals surface area (Å²) in [6.07, 6.45) is 1.38. The molecule has 2 aliphatic heterocycles. The fourth-order valence-corrected chi connectivity index (χ4v) is 5.35. The van der Waals surface area contributed by atoms with Crippen LogP contribution in [0.4, 0.5) is 5.69 Å². The van der Waals surface area contributed by atoms with Crippen LogP contribution in [-0.2, 0) is 9.59 Å². The van der Waals surface area contributed by atoms with Crippen molar-refractivity contribution in [3.05, 3.63) is 29.3 Å². The Hall–Kier alpha value is -1.49. The van der Waals surface area contributed by atoms with Crippen molar-refractivity contribution in [2.75, 3.05) is 11.1 Å². The Morgan fingerprint density at radius 1 is 1.24 bits per heavy atom. The van der Waals surface area contributed by atoms with Crippen molar-refractivity contribution in [2.45, 2.75) is 70.2 Å². The van der Waals surface area contributed by atoms with E-state index in [1.54, 1.807) is 11.8 Å². The summed E-state index contributed by atoms with van der Waals surface area (Å²) in [6, 6.07) is 5.86. The van der Waals surface area contributed by atoms with E-state index in [0.717, 1.165) is 23.2 Å². The van der Waals surface area contributed by atoms with Crippen molar-refractivity contribution in [3.8, 4) is 0 Å². The van der Waals surface area contributed by atoms with E-state index in [9.17, 15) is 9.59 Å². The van der Waals surface area contributed by atoms with Crippen molar-refractivity contribution in [1.29, 1.82) is 0 Å². The zero-order chi connectivity index (χ0) is 18.4. The second-order valence-electron chi connectivity index (χ2n) is 7.88. The van der Waals surface area contributed by atoms with E-state index in [1.807, 2.05) is 4.90 Å². The number of hydrogen-bond donors (Lipinski definition) is 1. The van der Waals surface area contributed by atoms with Gasteiger partial charge in [0.25, 0.3) is 0 Å². The zero-order valence-corrected chi connectivity index (χ0v) is 16.6. The molecule has 2 saturated heterocycles. The Labute approximate surface area is 154 Å². The average molecular weight is 361 g/mol. The van der Waals surface area contributed by atoms with E-state index in [4.69, 9.17) is 0 Å². The van der Waals surface area contributed by atoms with Crippen LogP contribution in [0.2, 0.25) is 0 Å². The zero-order valence-electron chi connectivity index (χ0n) is 15.8. The first-order valence-corrected chi connectivity index (χ1v) is 10.1. The van der Waals surface area contributed by atoms with Crippen molar-refractivity contribution in [2.24, 2.45) is 0 Å². The van der Waals surface area contributed by atoms with E-state index in [1.165, 1.54) is 0 Å². The fraction of sp³-hybridized carbons (Fsp3) is 0.600. The molecule has 2 atom stereocenters. The first kappa shape index (κ1) is 18.3. The number of anilines is 1. The molecule has 0 unspecified atom stereocenters. The lowest BCUT2D eigenvalue weighted by Crippen LogP contribution is -2.48. The lowest BCUT2D eigenvalue weighted by atomic mass is 9.92. The van der Waals surface area contributed by atoms with Crippen molar-refractivity contribution in [1.82, 2.24) is 4.90 Å². The smallest absolute Gasteiger partial charge is 0.248 e. The number of rotatable bonds is 4. The molecule has 3 rings (SSSR count). The molecule has 2 amide bonds. The third kappa shape index (κ3) is 3.19. The van der Waals surface area contributed by atoms with Gasteiger partial charge < -0.3 is 10.2 Å². The van der Waals surface area contributed by atoms with Crippen LogP contribution >= 0.6 is 11.8 Å². The van der Waals surface area contributed by atoms with E-state index in [2.05, 4.69) is 58.1 Å². The number of carbonyl (C=O) groups excluding carboxylic acids is 2. The van der Waals surface area contributed by atoms with E-state index in [-0.39, 0.29) is 22.7 Å². The Morgan fingerprint density at radius 3 is 2.40 bits per heavy atom. The molecule has 0 saturated carbocycles. The van der Waals surface area contributed by atoms with Gasteiger partial charge in [0.05, 0.1) is 4.87 Å². The summed E-state index contributed by atoms with van der Waals surface area (Å²) in [7, 11) is 0. The first-order valence-electron chi connectivity index (χ1n) is 9.14. The van der Waals surface area contributed by atoms with Crippen LogP contribution in [0, 0.1) is 0 Å². The quantitative estimate of drug-likeness (QED) is 0.869. The fourth-order valence-electron chi connectivity index (χ4n) is 3.92. The number of benzene rings is 1. The van der Waals surface area contributed by atoms with Gasteiger partial charge in [0.15, 0.2) is 0 Å². The normalized spacial score (nSPS) is 25.8. The van der Waals surface area contributed by atoms with Gasteiger partial charge in [-0.15, -0.1) is 11.8 Å². The Kier molecular flexibility index (Phi) is 4.89. The maximum Gasteiger partial charge on any atom is 0.248 e. The van der Waals surface area contributed by atoms with Crippen LogP contribution in [0.25, 0.3) is 0 Å². The summed E-state index contributed by atoms with van der Waals surface area (Å²) in [5.41, 5.74) is 3.24. The van der Waals surface area contributed by atoms with Crippen molar-refractivity contribution in [3.63, 3.8) is 0 Å². The highest BCUT2D eigenvalue weighted by Crippen LogP contribution is 2.47. The summed E-state index contributed by atoms with van der Waals surface area (Å²) >= 11 is 1.73. The minimum Gasteiger partial charge on any atom is -0.324 e. The van der Waals surface area contributed by atoms with Gasteiger partial charge in [-0.25, -0.2) is 0 Å². The largest absolute Gasteiger partial charge is 0.324 e. The molecular formula is C20H28N2O2S. The van der Waals surface area contributed by atoms with Gasteiger partial charge in [-0.3, -0.25) is 9.59 Å². The van der Waals surface area contributed by atoms with Crippen LogP contribution in [0.5, 0.6) is 0 Å². The predicted molar refractivity (Wildman–Crippen MR) is 104 cm³/mol. The number of para-hydroxylation sites is 1. The van der Waals surface area contributed by atoms with E-state index < -0.39 is 0 Å². The maximum atomic E-state index is 13.1. The molecule has 2 aliphatic rings. The SMILES string of the molecule is CC(C)c1cccc(C(C)C)c1NC(=O)[C@@H]1CS[C@@]2(C)CCC(=O)N12. The lowest BCUT2D eigenvalue weighted by molar-refractivity contribution is -0.135. The molecule has 0 aromatic heterocycles. The molecule has 0 bridgehead atoms. The standard InChI is InChI=1S/C20H28N2O2S/c1-12(2)14-7-6-8-15(13(3)4)18(14)21-19(24)16-11-25-20(5)10-9-17(23)22(16)20/h6-8,12-13,16H,9-11H2,1-5H3,(H,21,24)/t16-,20-/m0/s1. The third-order valence-corrected chi connectivity index (χ3v) is 6.87. The van der Waals surface area contributed by atoms with Gasteiger partial charge >= 0.3 is 0 Å². The molecule has 1 N–H and O–H groups in total. The lowest BCUT2D eigenvalue weighted by Gasteiger charge is -2.30.